The Balaban J connectivity index is 3.44. The lowest BCUT2D eigenvalue weighted by Gasteiger charge is -1.99. The third-order valence-corrected chi connectivity index (χ3v) is 2.41. The first-order valence-corrected chi connectivity index (χ1v) is 5.85. The summed E-state index contributed by atoms with van der Waals surface area (Å²) in [6.07, 6.45) is 6.29. The van der Waals surface area contributed by atoms with Crippen molar-refractivity contribution in [3.8, 4) is 0 Å². The molecule has 0 saturated heterocycles. The van der Waals surface area contributed by atoms with Crippen molar-refractivity contribution in [2.45, 2.75) is 58.3 Å². The first kappa shape index (κ1) is 14.8. The molecule has 0 spiro atoms. The molecule has 0 aromatic rings. The molecule has 0 saturated carbocycles. The van der Waals surface area contributed by atoms with Crippen LogP contribution in [0.5, 0.6) is 0 Å². The van der Waals surface area contributed by atoms with Crippen LogP contribution in [0.15, 0.2) is 0 Å². The summed E-state index contributed by atoms with van der Waals surface area (Å²) in [5, 5.41) is 8.30. The van der Waals surface area contributed by atoms with E-state index in [0.29, 0.717) is 6.42 Å². The maximum atomic E-state index is 11.2. The van der Waals surface area contributed by atoms with Gasteiger partial charge in [0.2, 0.25) is 5.78 Å². The SMILES string of the molecule is CCCCCCCCC(=O)CC(=O)C(=O)O. The topological polar surface area (TPSA) is 71.4 Å². The van der Waals surface area contributed by atoms with E-state index in [0.717, 1.165) is 19.3 Å². The maximum Gasteiger partial charge on any atom is 0.372 e. The molecule has 92 valence electrons. The predicted molar refractivity (Wildman–Crippen MR) is 60.3 cm³/mol. The molecule has 1 N–H and O–H groups in total. The molecule has 4 heteroatoms. The van der Waals surface area contributed by atoms with Gasteiger partial charge in [-0.25, -0.2) is 4.79 Å². The number of carboxylic acid groups (broad SMARTS) is 1. The average Bonchev–Trinajstić information content (AvgIpc) is 2.23. The highest BCUT2D eigenvalue weighted by atomic mass is 16.4. The molecule has 0 aliphatic carbocycles. The minimum absolute atomic E-state index is 0.261. The van der Waals surface area contributed by atoms with Crippen LogP contribution in [0, 0.1) is 0 Å². The minimum Gasteiger partial charge on any atom is -0.475 e. The zero-order chi connectivity index (χ0) is 12.4. The summed E-state index contributed by atoms with van der Waals surface area (Å²) < 4.78 is 0. The second kappa shape index (κ2) is 9.07. The number of Topliss-reactive ketones (excluding diaryl/α,β-unsaturated/α-hetero) is 2. The van der Waals surface area contributed by atoms with E-state index in [1.54, 1.807) is 0 Å². The number of hydrogen-bond donors (Lipinski definition) is 1. The number of carbonyl (C=O) groups excluding carboxylic acids is 2. The number of rotatable bonds is 10. The van der Waals surface area contributed by atoms with Gasteiger partial charge in [-0.05, 0) is 6.42 Å². The molecular formula is C12H20O4. The highest BCUT2D eigenvalue weighted by molar-refractivity contribution is 6.36. The van der Waals surface area contributed by atoms with Gasteiger partial charge in [-0.3, -0.25) is 9.59 Å². The van der Waals surface area contributed by atoms with E-state index in [1.807, 2.05) is 0 Å². The summed E-state index contributed by atoms with van der Waals surface area (Å²) in [6.45, 7) is 2.14. The Morgan fingerprint density at radius 2 is 1.50 bits per heavy atom. The summed E-state index contributed by atoms with van der Waals surface area (Å²) in [5.74, 6) is -2.78. The van der Waals surface area contributed by atoms with Crippen molar-refractivity contribution >= 4 is 17.5 Å². The highest BCUT2D eigenvalue weighted by Crippen LogP contribution is 2.08. The number of aliphatic carboxylic acids is 1. The molecule has 0 aromatic carbocycles. The van der Waals surface area contributed by atoms with Crippen LogP contribution in [0.2, 0.25) is 0 Å². The van der Waals surface area contributed by atoms with E-state index in [1.165, 1.54) is 19.3 Å². The monoisotopic (exact) mass is 228 g/mol. The molecule has 0 heterocycles. The van der Waals surface area contributed by atoms with Crippen molar-refractivity contribution < 1.29 is 19.5 Å². The lowest BCUT2D eigenvalue weighted by molar-refractivity contribution is -0.150. The van der Waals surface area contributed by atoms with Gasteiger partial charge in [0.05, 0.1) is 6.42 Å². The smallest absolute Gasteiger partial charge is 0.372 e. The van der Waals surface area contributed by atoms with Crippen molar-refractivity contribution in [1.29, 1.82) is 0 Å². The molecule has 16 heavy (non-hydrogen) atoms. The Morgan fingerprint density at radius 3 is 2.06 bits per heavy atom. The fourth-order valence-electron chi connectivity index (χ4n) is 1.45. The molecule has 0 aromatic heterocycles. The number of unbranched alkanes of at least 4 members (excludes halogenated alkanes) is 5. The van der Waals surface area contributed by atoms with Gasteiger partial charge in [0.25, 0.3) is 0 Å². The Bertz CT molecular complexity index is 245. The highest BCUT2D eigenvalue weighted by Gasteiger charge is 2.15. The number of hydrogen-bond acceptors (Lipinski definition) is 3. The molecule has 0 atom stereocenters. The second-order valence-corrected chi connectivity index (χ2v) is 3.96. The summed E-state index contributed by atoms with van der Waals surface area (Å²) in [5.41, 5.74) is 0. The Labute approximate surface area is 96.0 Å². The molecule has 4 nitrogen and oxygen atoms in total. The third-order valence-electron chi connectivity index (χ3n) is 2.41. The fourth-order valence-corrected chi connectivity index (χ4v) is 1.45. The summed E-state index contributed by atoms with van der Waals surface area (Å²) in [4.78, 5) is 32.1. The van der Waals surface area contributed by atoms with Crippen molar-refractivity contribution in [2.24, 2.45) is 0 Å². The van der Waals surface area contributed by atoms with Crippen molar-refractivity contribution in [3.63, 3.8) is 0 Å². The van der Waals surface area contributed by atoms with Crippen molar-refractivity contribution in [3.05, 3.63) is 0 Å². The van der Waals surface area contributed by atoms with Gasteiger partial charge in [0.15, 0.2) is 0 Å². The average molecular weight is 228 g/mol. The van der Waals surface area contributed by atoms with E-state index < -0.39 is 18.2 Å². The van der Waals surface area contributed by atoms with Crippen LogP contribution in [0.1, 0.15) is 58.3 Å². The molecule has 0 radical (unpaired) electrons. The summed E-state index contributed by atoms with van der Waals surface area (Å²) in [7, 11) is 0. The predicted octanol–water partition coefficient (Wildman–Crippen LogP) is 2.35. The van der Waals surface area contributed by atoms with E-state index in [9.17, 15) is 14.4 Å². The van der Waals surface area contributed by atoms with E-state index in [2.05, 4.69) is 6.92 Å². The molecule has 0 amide bonds. The third kappa shape index (κ3) is 8.15. The maximum absolute atomic E-state index is 11.2. The van der Waals surface area contributed by atoms with Gasteiger partial charge < -0.3 is 5.11 Å². The molecule has 0 fully saturated rings. The lowest BCUT2D eigenvalue weighted by Crippen LogP contribution is -2.16. The molecule has 0 bridgehead atoms. The van der Waals surface area contributed by atoms with Crippen LogP contribution in [-0.2, 0) is 14.4 Å². The van der Waals surface area contributed by atoms with E-state index in [4.69, 9.17) is 5.11 Å². The first-order valence-electron chi connectivity index (χ1n) is 5.85. The number of carbonyl (C=O) groups is 3. The van der Waals surface area contributed by atoms with Gasteiger partial charge in [-0.1, -0.05) is 39.0 Å². The normalized spacial score (nSPS) is 10.1. The van der Waals surface area contributed by atoms with Gasteiger partial charge in [0, 0.05) is 6.42 Å². The van der Waals surface area contributed by atoms with Crippen molar-refractivity contribution in [2.75, 3.05) is 0 Å². The standard InChI is InChI=1S/C12H20O4/c1-2-3-4-5-6-7-8-10(13)9-11(14)12(15)16/h2-9H2,1H3,(H,15,16). The van der Waals surface area contributed by atoms with Crippen LogP contribution >= 0.6 is 0 Å². The van der Waals surface area contributed by atoms with Crippen LogP contribution in [0.4, 0.5) is 0 Å². The Hall–Kier alpha value is -1.19. The number of carboxylic acids is 1. The summed E-state index contributed by atoms with van der Waals surface area (Å²) in [6, 6.07) is 0. The van der Waals surface area contributed by atoms with Gasteiger partial charge in [-0.15, -0.1) is 0 Å². The van der Waals surface area contributed by atoms with Crippen LogP contribution < -0.4 is 0 Å². The van der Waals surface area contributed by atoms with Crippen LogP contribution in [0.25, 0.3) is 0 Å². The molecule has 0 rings (SSSR count). The molecule has 0 unspecified atom stereocenters. The zero-order valence-corrected chi connectivity index (χ0v) is 9.83. The van der Waals surface area contributed by atoms with E-state index >= 15 is 0 Å². The largest absolute Gasteiger partial charge is 0.475 e. The van der Waals surface area contributed by atoms with Crippen LogP contribution in [0.3, 0.4) is 0 Å². The fraction of sp³-hybridized carbons (Fsp3) is 0.750. The second-order valence-electron chi connectivity index (χ2n) is 3.96. The lowest BCUT2D eigenvalue weighted by atomic mass is 10.1. The zero-order valence-electron chi connectivity index (χ0n) is 9.83. The van der Waals surface area contributed by atoms with Gasteiger partial charge in [0.1, 0.15) is 5.78 Å². The van der Waals surface area contributed by atoms with Crippen molar-refractivity contribution in [1.82, 2.24) is 0 Å². The van der Waals surface area contributed by atoms with Gasteiger partial charge in [-0.2, -0.15) is 0 Å². The quantitative estimate of drug-likeness (QED) is 0.354. The molecule has 0 aliphatic heterocycles. The van der Waals surface area contributed by atoms with E-state index in [-0.39, 0.29) is 5.78 Å². The van der Waals surface area contributed by atoms with Gasteiger partial charge >= 0.3 is 5.97 Å². The Morgan fingerprint density at radius 1 is 0.938 bits per heavy atom. The van der Waals surface area contributed by atoms with Crippen LogP contribution in [-0.4, -0.2) is 22.6 Å². The molecular weight excluding hydrogens is 208 g/mol. The minimum atomic E-state index is -1.52. The summed E-state index contributed by atoms with van der Waals surface area (Å²) >= 11 is 0. The molecule has 0 aliphatic rings. The Kier molecular flexibility index (Phi) is 8.39. The first-order chi connectivity index (χ1) is 7.57. The number of ketones is 2.